The third-order valence-electron chi connectivity index (χ3n) is 3.80. The molecule has 6 heteroatoms. The highest BCUT2D eigenvalue weighted by Crippen LogP contribution is 2.39. The van der Waals surface area contributed by atoms with Gasteiger partial charge >= 0.3 is 0 Å². The molecule has 1 fully saturated rings. The van der Waals surface area contributed by atoms with E-state index in [2.05, 4.69) is 25.3 Å². The Hall–Kier alpha value is -1.36. The van der Waals surface area contributed by atoms with E-state index in [0.29, 0.717) is 11.5 Å². The van der Waals surface area contributed by atoms with Gasteiger partial charge in [-0.3, -0.25) is 0 Å². The SMILES string of the molecule is ClCC1(CNc2ncnc3nc[nH]c23)CCCC1. The number of aromatic amines is 1. The molecule has 1 aliphatic carbocycles. The molecule has 0 bridgehead atoms. The van der Waals surface area contributed by atoms with Gasteiger partial charge in [0.25, 0.3) is 0 Å². The van der Waals surface area contributed by atoms with Gasteiger partial charge in [-0.25, -0.2) is 15.0 Å². The van der Waals surface area contributed by atoms with Crippen molar-refractivity contribution in [1.82, 2.24) is 19.9 Å². The van der Waals surface area contributed by atoms with Crippen molar-refractivity contribution in [3.05, 3.63) is 12.7 Å². The highest BCUT2D eigenvalue weighted by atomic mass is 35.5. The lowest BCUT2D eigenvalue weighted by Gasteiger charge is -2.26. The van der Waals surface area contributed by atoms with Gasteiger partial charge in [0.1, 0.15) is 11.8 Å². The fraction of sp³-hybridized carbons (Fsp3) is 0.583. The van der Waals surface area contributed by atoms with Crippen LogP contribution >= 0.6 is 11.6 Å². The predicted octanol–water partition coefficient (Wildman–Crippen LogP) is 2.56. The Labute approximate surface area is 110 Å². The van der Waals surface area contributed by atoms with Gasteiger partial charge in [0, 0.05) is 17.8 Å². The maximum Gasteiger partial charge on any atom is 0.182 e. The molecule has 2 aromatic rings. The molecule has 2 aromatic heterocycles. The average molecular weight is 266 g/mol. The maximum absolute atomic E-state index is 6.14. The fourth-order valence-corrected chi connectivity index (χ4v) is 3.01. The zero-order valence-electron chi connectivity index (χ0n) is 10.1. The van der Waals surface area contributed by atoms with E-state index in [1.54, 1.807) is 6.33 Å². The fourth-order valence-electron chi connectivity index (χ4n) is 2.65. The van der Waals surface area contributed by atoms with E-state index in [4.69, 9.17) is 11.6 Å². The van der Waals surface area contributed by atoms with Crippen molar-refractivity contribution in [2.24, 2.45) is 5.41 Å². The standard InChI is InChI=1S/C12H16ClN5/c13-5-12(3-1-2-4-12)6-14-10-9-11(16-7-15-9)18-8-17-10/h7-8H,1-6H2,(H2,14,15,16,17,18). The first-order valence-electron chi connectivity index (χ1n) is 6.27. The Bertz CT molecular complexity index is 532. The van der Waals surface area contributed by atoms with Gasteiger partial charge in [-0.1, -0.05) is 12.8 Å². The van der Waals surface area contributed by atoms with Gasteiger partial charge in [-0.05, 0) is 12.8 Å². The van der Waals surface area contributed by atoms with E-state index >= 15 is 0 Å². The first-order chi connectivity index (χ1) is 8.83. The summed E-state index contributed by atoms with van der Waals surface area (Å²) in [6, 6.07) is 0. The Morgan fingerprint density at radius 1 is 1.28 bits per heavy atom. The van der Waals surface area contributed by atoms with E-state index in [1.165, 1.54) is 32.0 Å². The summed E-state index contributed by atoms with van der Waals surface area (Å²) < 4.78 is 0. The van der Waals surface area contributed by atoms with E-state index in [9.17, 15) is 0 Å². The summed E-state index contributed by atoms with van der Waals surface area (Å²) in [5.74, 6) is 1.52. The topological polar surface area (TPSA) is 66.5 Å². The number of halogens is 1. The van der Waals surface area contributed by atoms with Crippen LogP contribution in [-0.2, 0) is 0 Å². The molecule has 96 valence electrons. The zero-order chi connectivity index (χ0) is 12.4. The lowest BCUT2D eigenvalue weighted by molar-refractivity contribution is 0.368. The highest BCUT2D eigenvalue weighted by Gasteiger charge is 2.33. The predicted molar refractivity (Wildman–Crippen MR) is 71.8 cm³/mol. The van der Waals surface area contributed by atoms with Crippen molar-refractivity contribution in [2.45, 2.75) is 25.7 Å². The number of imidazole rings is 1. The van der Waals surface area contributed by atoms with Crippen LogP contribution in [0.1, 0.15) is 25.7 Å². The number of nitrogens with one attached hydrogen (secondary N) is 2. The van der Waals surface area contributed by atoms with E-state index in [-0.39, 0.29) is 5.41 Å². The van der Waals surface area contributed by atoms with Crippen molar-refractivity contribution in [1.29, 1.82) is 0 Å². The summed E-state index contributed by atoms with van der Waals surface area (Å²) >= 11 is 6.14. The normalized spacial score (nSPS) is 18.3. The van der Waals surface area contributed by atoms with Crippen LogP contribution in [0.2, 0.25) is 0 Å². The third kappa shape index (κ3) is 2.03. The summed E-state index contributed by atoms with van der Waals surface area (Å²) in [6.07, 6.45) is 8.11. The first-order valence-corrected chi connectivity index (χ1v) is 6.80. The molecule has 2 N–H and O–H groups in total. The lowest BCUT2D eigenvalue weighted by Crippen LogP contribution is -2.28. The van der Waals surface area contributed by atoms with E-state index < -0.39 is 0 Å². The van der Waals surface area contributed by atoms with Crippen molar-refractivity contribution in [3.8, 4) is 0 Å². The minimum Gasteiger partial charge on any atom is -0.368 e. The van der Waals surface area contributed by atoms with Gasteiger partial charge in [-0.15, -0.1) is 11.6 Å². The molecule has 0 radical (unpaired) electrons. The second-order valence-electron chi connectivity index (χ2n) is 5.02. The molecule has 0 saturated heterocycles. The number of nitrogens with zero attached hydrogens (tertiary/aromatic N) is 3. The van der Waals surface area contributed by atoms with Crippen LogP contribution in [-0.4, -0.2) is 32.4 Å². The summed E-state index contributed by atoms with van der Waals surface area (Å²) in [4.78, 5) is 15.6. The molecule has 0 unspecified atom stereocenters. The minimum absolute atomic E-state index is 0.221. The van der Waals surface area contributed by atoms with E-state index in [0.717, 1.165) is 17.9 Å². The molecule has 5 nitrogen and oxygen atoms in total. The number of hydrogen-bond donors (Lipinski definition) is 2. The third-order valence-corrected chi connectivity index (χ3v) is 4.37. The Kier molecular flexibility index (Phi) is 3.07. The number of rotatable bonds is 4. The molecule has 1 saturated carbocycles. The molecule has 0 aliphatic heterocycles. The minimum atomic E-state index is 0.221. The molecule has 1 aliphatic rings. The van der Waals surface area contributed by atoms with Gasteiger partial charge in [0.2, 0.25) is 0 Å². The van der Waals surface area contributed by atoms with Gasteiger partial charge in [0.15, 0.2) is 11.5 Å². The molecule has 0 spiro atoms. The Morgan fingerprint density at radius 2 is 2.11 bits per heavy atom. The number of alkyl halides is 1. The number of H-pyrrole nitrogens is 1. The Morgan fingerprint density at radius 3 is 2.89 bits per heavy atom. The highest BCUT2D eigenvalue weighted by molar-refractivity contribution is 6.18. The molecule has 0 atom stereocenters. The van der Waals surface area contributed by atoms with Crippen LogP contribution in [0.25, 0.3) is 11.2 Å². The second-order valence-corrected chi connectivity index (χ2v) is 5.28. The van der Waals surface area contributed by atoms with Crippen LogP contribution in [0.15, 0.2) is 12.7 Å². The van der Waals surface area contributed by atoms with Crippen LogP contribution in [0.3, 0.4) is 0 Å². The number of anilines is 1. The summed E-state index contributed by atoms with van der Waals surface area (Å²) in [6.45, 7) is 0.863. The maximum atomic E-state index is 6.14. The van der Waals surface area contributed by atoms with Crippen molar-refractivity contribution < 1.29 is 0 Å². The summed E-state index contributed by atoms with van der Waals surface area (Å²) in [5, 5.41) is 3.40. The molecular weight excluding hydrogens is 250 g/mol. The van der Waals surface area contributed by atoms with Gasteiger partial charge < -0.3 is 10.3 Å². The zero-order valence-corrected chi connectivity index (χ0v) is 10.9. The number of hydrogen-bond acceptors (Lipinski definition) is 4. The van der Waals surface area contributed by atoms with Crippen molar-refractivity contribution in [3.63, 3.8) is 0 Å². The molecule has 18 heavy (non-hydrogen) atoms. The molecule has 0 aromatic carbocycles. The van der Waals surface area contributed by atoms with Crippen LogP contribution in [0, 0.1) is 5.41 Å². The molecule has 3 rings (SSSR count). The van der Waals surface area contributed by atoms with Gasteiger partial charge in [-0.2, -0.15) is 0 Å². The second kappa shape index (κ2) is 4.72. The molecule has 2 heterocycles. The smallest absolute Gasteiger partial charge is 0.182 e. The quantitative estimate of drug-likeness (QED) is 0.834. The van der Waals surface area contributed by atoms with Crippen LogP contribution in [0.5, 0.6) is 0 Å². The van der Waals surface area contributed by atoms with E-state index in [1.807, 2.05) is 0 Å². The monoisotopic (exact) mass is 265 g/mol. The Balaban J connectivity index is 1.78. The number of aromatic nitrogens is 4. The van der Waals surface area contributed by atoms with Gasteiger partial charge in [0.05, 0.1) is 6.33 Å². The lowest BCUT2D eigenvalue weighted by atomic mass is 9.88. The van der Waals surface area contributed by atoms with Crippen molar-refractivity contribution >= 4 is 28.6 Å². The van der Waals surface area contributed by atoms with Crippen LogP contribution in [0.4, 0.5) is 5.82 Å². The largest absolute Gasteiger partial charge is 0.368 e. The summed E-state index contributed by atoms with van der Waals surface area (Å²) in [7, 11) is 0. The number of fused-ring (bicyclic) bond motifs is 1. The first kappa shape index (κ1) is 11.7. The summed E-state index contributed by atoms with van der Waals surface area (Å²) in [5.41, 5.74) is 1.78. The molecular formula is C12H16ClN5. The average Bonchev–Trinajstić information content (AvgIpc) is 3.06. The van der Waals surface area contributed by atoms with Crippen LogP contribution < -0.4 is 5.32 Å². The molecule has 0 amide bonds. The van der Waals surface area contributed by atoms with Crippen molar-refractivity contribution in [2.75, 3.05) is 17.7 Å².